The molecule has 0 saturated carbocycles. The fraction of sp³-hybridized carbons (Fsp3) is 0.857. The molecule has 1 aliphatic rings. The van der Waals surface area contributed by atoms with Crippen molar-refractivity contribution in [3.63, 3.8) is 0 Å². The van der Waals surface area contributed by atoms with Crippen molar-refractivity contribution in [1.82, 2.24) is 10.6 Å². The van der Waals surface area contributed by atoms with Gasteiger partial charge >= 0.3 is 0 Å². The van der Waals surface area contributed by atoms with E-state index < -0.39 is 6.23 Å². The van der Waals surface area contributed by atoms with E-state index in [1.54, 1.807) is 0 Å². The Bertz CT molecular complexity index is 141. The van der Waals surface area contributed by atoms with Crippen molar-refractivity contribution in [2.24, 2.45) is 0 Å². The summed E-state index contributed by atoms with van der Waals surface area (Å²) in [6.07, 6.45) is 1.17. The Balaban J connectivity index is 2.28. The second-order valence-electron chi connectivity index (χ2n) is 2.83. The van der Waals surface area contributed by atoms with Crippen molar-refractivity contribution in [3.8, 4) is 0 Å². The zero-order valence-electron chi connectivity index (χ0n) is 6.63. The van der Waals surface area contributed by atoms with E-state index in [0.717, 1.165) is 19.4 Å². The van der Waals surface area contributed by atoms with E-state index in [1.807, 2.05) is 0 Å². The maximum absolute atomic E-state index is 11.1. The lowest BCUT2D eigenvalue weighted by Crippen LogP contribution is -2.44. The van der Waals surface area contributed by atoms with Crippen LogP contribution >= 0.6 is 0 Å². The minimum Gasteiger partial charge on any atom is -0.374 e. The topological polar surface area (TPSA) is 61.4 Å². The Hall–Kier alpha value is -0.610. The van der Waals surface area contributed by atoms with Crippen molar-refractivity contribution >= 4 is 5.91 Å². The van der Waals surface area contributed by atoms with Crippen LogP contribution in [0.3, 0.4) is 0 Å². The van der Waals surface area contributed by atoms with Crippen LogP contribution in [0.5, 0.6) is 0 Å². The molecule has 3 N–H and O–H groups in total. The summed E-state index contributed by atoms with van der Waals surface area (Å²) < 4.78 is 0. The second-order valence-corrected chi connectivity index (χ2v) is 2.83. The van der Waals surface area contributed by atoms with Gasteiger partial charge in [-0.2, -0.15) is 0 Å². The third-order valence-corrected chi connectivity index (χ3v) is 1.73. The highest BCUT2D eigenvalue weighted by molar-refractivity contribution is 5.82. The van der Waals surface area contributed by atoms with Crippen LogP contribution in [0.1, 0.15) is 19.8 Å². The largest absolute Gasteiger partial charge is 0.374 e. The molecule has 1 saturated heterocycles. The van der Waals surface area contributed by atoms with E-state index in [9.17, 15) is 4.79 Å². The van der Waals surface area contributed by atoms with E-state index in [1.165, 1.54) is 6.92 Å². The molecule has 1 amide bonds. The molecule has 0 aromatic rings. The van der Waals surface area contributed by atoms with Gasteiger partial charge in [0.25, 0.3) is 0 Å². The fourth-order valence-electron chi connectivity index (χ4n) is 1.21. The Morgan fingerprint density at radius 3 is 3.00 bits per heavy atom. The number of nitrogens with one attached hydrogen (secondary N) is 2. The molecule has 1 fully saturated rings. The molecular weight excluding hydrogens is 144 g/mol. The number of hydrogen-bond acceptors (Lipinski definition) is 3. The van der Waals surface area contributed by atoms with Crippen LogP contribution in [0.2, 0.25) is 0 Å². The molecule has 0 bridgehead atoms. The Kier molecular flexibility index (Phi) is 2.84. The first kappa shape index (κ1) is 8.49. The van der Waals surface area contributed by atoms with E-state index in [0.29, 0.717) is 0 Å². The number of rotatable bonds is 2. The maximum Gasteiger partial charge on any atom is 0.239 e. The highest BCUT2D eigenvalue weighted by atomic mass is 16.3. The van der Waals surface area contributed by atoms with Gasteiger partial charge in [-0.15, -0.1) is 0 Å². The molecule has 0 aliphatic carbocycles. The summed E-state index contributed by atoms with van der Waals surface area (Å²) in [6, 6.07) is -0.0930. The molecule has 4 nitrogen and oxygen atoms in total. The minimum absolute atomic E-state index is 0.0930. The molecule has 1 unspecified atom stereocenters. The smallest absolute Gasteiger partial charge is 0.239 e. The third kappa shape index (κ3) is 2.48. The standard InChI is InChI=1S/C7H14N2O2/c1-5(10)9-7(11)6-3-2-4-8-6/h5-6,8,10H,2-4H2,1H3,(H,9,11)/t5?,6-/m0/s1. The lowest BCUT2D eigenvalue weighted by molar-refractivity contribution is -0.125. The van der Waals surface area contributed by atoms with Gasteiger partial charge in [-0.1, -0.05) is 0 Å². The molecule has 2 atom stereocenters. The van der Waals surface area contributed by atoms with E-state index in [2.05, 4.69) is 10.6 Å². The van der Waals surface area contributed by atoms with Crippen LogP contribution < -0.4 is 10.6 Å². The van der Waals surface area contributed by atoms with Gasteiger partial charge < -0.3 is 15.7 Å². The fourth-order valence-corrected chi connectivity index (χ4v) is 1.21. The Morgan fingerprint density at radius 1 is 1.82 bits per heavy atom. The van der Waals surface area contributed by atoms with Crippen molar-refractivity contribution in [2.75, 3.05) is 6.54 Å². The van der Waals surface area contributed by atoms with Crippen LogP contribution in [0.25, 0.3) is 0 Å². The van der Waals surface area contributed by atoms with Gasteiger partial charge in [0.2, 0.25) is 5.91 Å². The lowest BCUT2D eigenvalue weighted by atomic mass is 10.2. The molecule has 1 heterocycles. The van der Waals surface area contributed by atoms with Crippen molar-refractivity contribution < 1.29 is 9.90 Å². The molecule has 1 rings (SSSR count). The number of aliphatic hydroxyl groups is 1. The third-order valence-electron chi connectivity index (χ3n) is 1.73. The van der Waals surface area contributed by atoms with Gasteiger partial charge in [-0.05, 0) is 26.3 Å². The van der Waals surface area contributed by atoms with E-state index in [4.69, 9.17) is 5.11 Å². The van der Waals surface area contributed by atoms with Gasteiger partial charge in [0.1, 0.15) is 6.23 Å². The van der Waals surface area contributed by atoms with E-state index in [-0.39, 0.29) is 11.9 Å². The quantitative estimate of drug-likeness (QED) is 0.461. The Labute approximate surface area is 66.0 Å². The first-order valence-corrected chi connectivity index (χ1v) is 3.92. The maximum atomic E-state index is 11.1. The zero-order valence-corrected chi connectivity index (χ0v) is 6.63. The molecule has 11 heavy (non-hydrogen) atoms. The van der Waals surface area contributed by atoms with Crippen LogP contribution in [0, 0.1) is 0 Å². The van der Waals surface area contributed by atoms with Crippen LogP contribution in [-0.2, 0) is 4.79 Å². The average Bonchev–Trinajstić information content (AvgIpc) is 2.35. The highest BCUT2D eigenvalue weighted by Crippen LogP contribution is 2.04. The predicted octanol–water partition coefficient (Wildman–Crippen LogP) is -0.807. The summed E-state index contributed by atoms with van der Waals surface area (Å²) in [6.45, 7) is 2.44. The van der Waals surface area contributed by atoms with E-state index >= 15 is 0 Å². The normalized spacial score (nSPS) is 26.5. The molecule has 0 radical (unpaired) electrons. The molecule has 1 aliphatic heterocycles. The molecule has 0 aromatic carbocycles. The molecule has 4 heteroatoms. The van der Waals surface area contributed by atoms with Gasteiger partial charge in [0, 0.05) is 0 Å². The summed E-state index contributed by atoms with van der Waals surface area (Å²) in [7, 11) is 0. The first-order chi connectivity index (χ1) is 5.20. The minimum atomic E-state index is -0.745. The van der Waals surface area contributed by atoms with Crippen LogP contribution in [-0.4, -0.2) is 29.8 Å². The summed E-state index contributed by atoms with van der Waals surface area (Å²) in [5.74, 6) is -0.0995. The average molecular weight is 158 g/mol. The molecule has 0 aromatic heterocycles. The van der Waals surface area contributed by atoms with Gasteiger partial charge in [0.05, 0.1) is 6.04 Å². The Morgan fingerprint density at radius 2 is 2.55 bits per heavy atom. The summed E-state index contributed by atoms with van der Waals surface area (Å²) in [4.78, 5) is 11.1. The highest BCUT2D eigenvalue weighted by Gasteiger charge is 2.22. The van der Waals surface area contributed by atoms with Crippen LogP contribution in [0.15, 0.2) is 0 Å². The number of carbonyl (C=O) groups is 1. The number of carbonyl (C=O) groups excluding carboxylic acids is 1. The predicted molar refractivity (Wildman–Crippen MR) is 40.8 cm³/mol. The van der Waals surface area contributed by atoms with Crippen molar-refractivity contribution in [1.29, 1.82) is 0 Å². The SMILES string of the molecule is CC(O)NC(=O)[C@@H]1CCCN1. The summed E-state index contributed by atoms with van der Waals surface area (Å²) in [5, 5.41) is 14.3. The monoisotopic (exact) mass is 158 g/mol. The van der Waals surface area contributed by atoms with Gasteiger partial charge in [-0.3, -0.25) is 4.79 Å². The summed E-state index contributed by atoms with van der Waals surface area (Å²) >= 11 is 0. The zero-order chi connectivity index (χ0) is 8.27. The molecule has 64 valence electrons. The first-order valence-electron chi connectivity index (χ1n) is 3.92. The summed E-state index contributed by atoms with van der Waals surface area (Å²) in [5.41, 5.74) is 0. The number of aliphatic hydroxyl groups excluding tert-OH is 1. The van der Waals surface area contributed by atoms with Crippen molar-refractivity contribution in [2.45, 2.75) is 32.0 Å². The van der Waals surface area contributed by atoms with Crippen molar-refractivity contribution in [3.05, 3.63) is 0 Å². The lowest BCUT2D eigenvalue weighted by Gasteiger charge is -2.12. The second kappa shape index (κ2) is 3.69. The van der Waals surface area contributed by atoms with Gasteiger partial charge in [0.15, 0.2) is 0 Å². The molecule has 0 spiro atoms. The molecular formula is C7H14N2O2. The number of hydrogen-bond donors (Lipinski definition) is 3. The van der Waals surface area contributed by atoms with Crippen LogP contribution in [0.4, 0.5) is 0 Å². The van der Waals surface area contributed by atoms with Gasteiger partial charge in [-0.25, -0.2) is 0 Å². The number of amides is 1.